The standard InChI is InChI=1S/C19H20BrNO3S/c1-14-9-10-21(18-8-3-2-7-17(14)18)19(22)13-25(23,24)12-15-5-4-6-16(20)11-15/h2-8,11,14H,9-10,12-13H2,1H3. The average molecular weight is 422 g/mol. The molecule has 0 aliphatic carbocycles. The van der Waals surface area contributed by atoms with Crippen LogP contribution >= 0.6 is 15.9 Å². The second kappa shape index (κ2) is 7.30. The third-order valence-corrected chi connectivity index (χ3v) is 6.42. The molecule has 2 aromatic carbocycles. The minimum atomic E-state index is -3.53. The van der Waals surface area contributed by atoms with Crippen LogP contribution in [0.5, 0.6) is 0 Å². The van der Waals surface area contributed by atoms with Crippen molar-refractivity contribution in [2.75, 3.05) is 17.2 Å². The first-order valence-electron chi connectivity index (χ1n) is 8.20. The highest BCUT2D eigenvalue weighted by Gasteiger charge is 2.29. The number of hydrogen-bond donors (Lipinski definition) is 0. The molecule has 25 heavy (non-hydrogen) atoms. The number of carbonyl (C=O) groups excluding carboxylic acids is 1. The number of hydrogen-bond acceptors (Lipinski definition) is 3. The number of anilines is 1. The van der Waals surface area contributed by atoms with Gasteiger partial charge in [-0.2, -0.15) is 0 Å². The van der Waals surface area contributed by atoms with Gasteiger partial charge < -0.3 is 4.90 Å². The maximum atomic E-state index is 12.7. The summed E-state index contributed by atoms with van der Waals surface area (Å²) in [6, 6.07) is 14.9. The SMILES string of the molecule is CC1CCN(C(=O)CS(=O)(=O)Cc2cccc(Br)c2)c2ccccc21. The van der Waals surface area contributed by atoms with Crippen molar-refractivity contribution >= 4 is 37.4 Å². The third-order valence-electron chi connectivity index (χ3n) is 4.46. The molecule has 0 bridgehead atoms. The van der Waals surface area contributed by atoms with Gasteiger partial charge in [0.2, 0.25) is 5.91 Å². The number of amides is 1. The van der Waals surface area contributed by atoms with Gasteiger partial charge in [0.15, 0.2) is 9.84 Å². The first-order valence-corrected chi connectivity index (χ1v) is 10.8. The Kier molecular flexibility index (Phi) is 5.29. The highest BCUT2D eigenvalue weighted by molar-refractivity contribution is 9.10. The predicted molar refractivity (Wildman–Crippen MR) is 103 cm³/mol. The molecule has 3 rings (SSSR count). The van der Waals surface area contributed by atoms with E-state index in [2.05, 4.69) is 22.9 Å². The van der Waals surface area contributed by atoms with E-state index in [0.717, 1.165) is 22.1 Å². The second-order valence-corrected chi connectivity index (χ2v) is 9.44. The minimum Gasteiger partial charge on any atom is -0.311 e. The third kappa shape index (κ3) is 4.30. The Morgan fingerprint density at radius 2 is 1.96 bits per heavy atom. The lowest BCUT2D eigenvalue weighted by Crippen LogP contribution is -2.40. The van der Waals surface area contributed by atoms with Crippen LogP contribution in [0.25, 0.3) is 0 Å². The Morgan fingerprint density at radius 1 is 1.20 bits per heavy atom. The number of para-hydroxylation sites is 1. The largest absolute Gasteiger partial charge is 0.311 e. The van der Waals surface area contributed by atoms with E-state index >= 15 is 0 Å². The zero-order valence-corrected chi connectivity index (χ0v) is 16.4. The van der Waals surface area contributed by atoms with Crippen LogP contribution in [-0.4, -0.2) is 26.6 Å². The molecule has 1 aliphatic heterocycles. The van der Waals surface area contributed by atoms with Gasteiger partial charge in [-0.1, -0.05) is 53.2 Å². The van der Waals surface area contributed by atoms with E-state index in [1.54, 1.807) is 23.1 Å². The number of rotatable bonds is 4. The second-order valence-electron chi connectivity index (χ2n) is 6.46. The molecule has 0 spiro atoms. The van der Waals surface area contributed by atoms with Crippen molar-refractivity contribution in [1.29, 1.82) is 0 Å². The van der Waals surface area contributed by atoms with Crippen LogP contribution in [0.2, 0.25) is 0 Å². The van der Waals surface area contributed by atoms with Crippen LogP contribution in [-0.2, 0) is 20.4 Å². The summed E-state index contributed by atoms with van der Waals surface area (Å²) < 4.78 is 25.8. The molecule has 1 aliphatic rings. The topological polar surface area (TPSA) is 54.5 Å². The zero-order chi connectivity index (χ0) is 18.0. The highest BCUT2D eigenvalue weighted by Crippen LogP contribution is 2.34. The fourth-order valence-electron chi connectivity index (χ4n) is 3.21. The summed E-state index contributed by atoms with van der Waals surface area (Å²) in [6.45, 7) is 2.69. The minimum absolute atomic E-state index is 0.135. The van der Waals surface area contributed by atoms with Crippen LogP contribution in [0.3, 0.4) is 0 Å². The normalized spacial score (nSPS) is 17.2. The number of fused-ring (bicyclic) bond motifs is 1. The van der Waals surface area contributed by atoms with Crippen LogP contribution in [0, 0.1) is 0 Å². The summed E-state index contributed by atoms with van der Waals surface area (Å²) in [5, 5.41) is 0. The zero-order valence-electron chi connectivity index (χ0n) is 14.0. The maximum Gasteiger partial charge on any atom is 0.242 e. The van der Waals surface area contributed by atoms with Crippen molar-refractivity contribution in [3.05, 3.63) is 64.1 Å². The quantitative estimate of drug-likeness (QED) is 0.751. The molecule has 2 aromatic rings. The number of carbonyl (C=O) groups is 1. The van der Waals surface area contributed by atoms with Crippen molar-refractivity contribution in [3.8, 4) is 0 Å². The van der Waals surface area contributed by atoms with Gasteiger partial charge in [0, 0.05) is 16.7 Å². The molecule has 0 aromatic heterocycles. The van der Waals surface area contributed by atoms with Crippen LogP contribution in [0.4, 0.5) is 5.69 Å². The van der Waals surface area contributed by atoms with Gasteiger partial charge in [-0.05, 0) is 41.7 Å². The van der Waals surface area contributed by atoms with Crippen LogP contribution < -0.4 is 4.90 Å². The van der Waals surface area contributed by atoms with Crippen molar-refractivity contribution < 1.29 is 13.2 Å². The Morgan fingerprint density at radius 3 is 2.72 bits per heavy atom. The van der Waals surface area contributed by atoms with Gasteiger partial charge in [-0.25, -0.2) is 8.42 Å². The molecule has 1 unspecified atom stereocenters. The van der Waals surface area contributed by atoms with Crippen molar-refractivity contribution in [1.82, 2.24) is 0 Å². The fourth-order valence-corrected chi connectivity index (χ4v) is 4.97. The summed E-state index contributed by atoms with van der Waals surface area (Å²) in [5.74, 6) is -0.584. The molecule has 1 amide bonds. The molecule has 0 N–H and O–H groups in total. The summed E-state index contributed by atoms with van der Waals surface area (Å²) in [5.41, 5.74) is 2.62. The van der Waals surface area contributed by atoms with Gasteiger partial charge in [0.1, 0.15) is 5.75 Å². The lowest BCUT2D eigenvalue weighted by molar-refractivity contribution is -0.116. The Hall–Kier alpha value is -1.66. The number of halogens is 1. The Balaban J connectivity index is 1.77. The molecule has 6 heteroatoms. The van der Waals surface area contributed by atoms with Gasteiger partial charge in [0.25, 0.3) is 0 Å². The van der Waals surface area contributed by atoms with E-state index in [9.17, 15) is 13.2 Å². The molecule has 0 saturated heterocycles. The Labute approximate surface area is 156 Å². The number of nitrogens with zero attached hydrogens (tertiary/aromatic N) is 1. The molecular weight excluding hydrogens is 402 g/mol. The molecule has 0 fully saturated rings. The molecule has 4 nitrogen and oxygen atoms in total. The van der Waals surface area contributed by atoms with Crippen molar-refractivity contribution in [2.45, 2.75) is 25.0 Å². The first-order chi connectivity index (χ1) is 11.9. The van der Waals surface area contributed by atoms with Gasteiger partial charge in [-0.15, -0.1) is 0 Å². The van der Waals surface area contributed by atoms with Gasteiger partial charge in [0.05, 0.1) is 5.75 Å². The van der Waals surface area contributed by atoms with Gasteiger partial charge >= 0.3 is 0 Å². The van der Waals surface area contributed by atoms with E-state index < -0.39 is 15.6 Å². The predicted octanol–water partition coefficient (Wildman–Crippen LogP) is 3.90. The molecule has 1 heterocycles. The van der Waals surface area contributed by atoms with Crippen LogP contribution in [0.15, 0.2) is 53.0 Å². The van der Waals surface area contributed by atoms with Gasteiger partial charge in [-0.3, -0.25) is 4.79 Å². The molecule has 0 radical (unpaired) electrons. The molecule has 0 saturated carbocycles. The summed E-state index contributed by atoms with van der Waals surface area (Å²) >= 11 is 3.34. The fraction of sp³-hybridized carbons (Fsp3) is 0.316. The summed E-state index contributed by atoms with van der Waals surface area (Å²) in [4.78, 5) is 14.3. The molecular formula is C19H20BrNO3S. The summed E-state index contributed by atoms with van der Waals surface area (Å²) in [7, 11) is -3.53. The van der Waals surface area contributed by atoms with E-state index in [1.807, 2.05) is 30.3 Å². The van der Waals surface area contributed by atoms with Crippen molar-refractivity contribution in [3.63, 3.8) is 0 Å². The number of sulfone groups is 1. The monoisotopic (exact) mass is 421 g/mol. The van der Waals surface area contributed by atoms with E-state index in [-0.39, 0.29) is 11.7 Å². The van der Waals surface area contributed by atoms with E-state index in [4.69, 9.17) is 0 Å². The maximum absolute atomic E-state index is 12.7. The molecule has 132 valence electrons. The lowest BCUT2D eigenvalue weighted by Gasteiger charge is -2.32. The van der Waals surface area contributed by atoms with Crippen molar-refractivity contribution in [2.24, 2.45) is 0 Å². The highest BCUT2D eigenvalue weighted by atomic mass is 79.9. The van der Waals surface area contributed by atoms with Crippen LogP contribution in [0.1, 0.15) is 30.4 Å². The average Bonchev–Trinajstić information content (AvgIpc) is 2.54. The smallest absolute Gasteiger partial charge is 0.242 e. The van der Waals surface area contributed by atoms with E-state index in [0.29, 0.717) is 18.0 Å². The lowest BCUT2D eigenvalue weighted by atomic mass is 9.91. The first kappa shape index (κ1) is 18.1. The number of benzene rings is 2. The molecule has 1 atom stereocenters. The summed E-state index contributed by atoms with van der Waals surface area (Å²) in [6.07, 6.45) is 0.842. The van der Waals surface area contributed by atoms with E-state index in [1.165, 1.54) is 0 Å². The Bertz CT molecular complexity index is 895.